The molecular formula is C12H16N4O. The molecule has 0 spiro atoms. The van der Waals surface area contributed by atoms with Crippen LogP contribution in [0.3, 0.4) is 0 Å². The van der Waals surface area contributed by atoms with Gasteiger partial charge in [-0.3, -0.25) is 4.79 Å². The summed E-state index contributed by atoms with van der Waals surface area (Å²) >= 11 is 0. The molecule has 1 amide bonds. The Labute approximate surface area is 99.9 Å². The van der Waals surface area contributed by atoms with Gasteiger partial charge in [-0.2, -0.15) is 5.10 Å². The van der Waals surface area contributed by atoms with Crippen LogP contribution in [0.15, 0.2) is 12.3 Å². The van der Waals surface area contributed by atoms with Crippen molar-refractivity contribution in [3.05, 3.63) is 29.2 Å². The van der Waals surface area contributed by atoms with Crippen molar-refractivity contribution in [2.24, 2.45) is 0 Å². The number of fused-ring (bicyclic) bond motifs is 1. The zero-order chi connectivity index (χ0) is 12.4. The number of aryl methyl sites for hydroxylation is 2. The van der Waals surface area contributed by atoms with Gasteiger partial charge < -0.3 is 5.32 Å². The van der Waals surface area contributed by atoms with Crippen molar-refractivity contribution in [2.75, 3.05) is 6.54 Å². The lowest BCUT2D eigenvalue weighted by molar-refractivity contribution is 0.0952. The summed E-state index contributed by atoms with van der Waals surface area (Å²) in [4.78, 5) is 16.1. The maximum Gasteiger partial charge on any atom is 0.254 e. The van der Waals surface area contributed by atoms with E-state index in [0.717, 1.165) is 23.5 Å². The van der Waals surface area contributed by atoms with Gasteiger partial charge in [-0.05, 0) is 20.3 Å². The summed E-state index contributed by atoms with van der Waals surface area (Å²) in [6.45, 7) is 6.48. The van der Waals surface area contributed by atoms with E-state index in [4.69, 9.17) is 0 Å². The summed E-state index contributed by atoms with van der Waals surface area (Å²) in [6.07, 6.45) is 2.53. The Hall–Kier alpha value is -1.91. The van der Waals surface area contributed by atoms with Gasteiger partial charge in [0.05, 0.1) is 17.0 Å². The van der Waals surface area contributed by atoms with Crippen LogP contribution in [0.4, 0.5) is 0 Å². The molecule has 0 aliphatic heterocycles. The van der Waals surface area contributed by atoms with Gasteiger partial charge in [0.25, 0.3) is 5.91 Å². The van der Waals surface area contributed by atoms with E-state index in [1.807, 2.05) is 26.8 Å². The Balaban J connectivity index is 2.41. The molecule has 0 fully saturated rings. The van der Waals surface area contributed by atoms with Crippen molar-refractivity contribution in [1.29, 1.82) is 0 Å². The van der Waals surface area contributed by atoms with E-state index in [1.165, 1.54) is 0 Å². The topological polar surface area (TPSA) is 59.3 Å². The molecule has 0 unspecified atom stereocenters. The van der Waals surface area contributed by atoms with E-state index >= 15 is 0 Å². The van der Waals surface area contributed by atoms with Crippen LogP contribution in [0.2, 0.25) is 0 Å². The number of aromatic nitrogens is 3. The van der Waals surface area contributed by atoms with E-state index in [-0.39, 0.29) is 5.91 Å². The number of carbonyl (C=O) groups excluding carboxylic acids is 1. The highest BCUT2D eigenvalue weighted by Gasteiger charge is 2.12. The minimum atomic E-state index is -0.0908. The zero-order valence-electron chi connectivity index (χ0n) is 10.3. The molecule has 0 bridgehead atoms. The summed E-state index contributed by atoms with van der Waals surface area (Å²) in [7, 11) is 0. The van der Waals surface area contributed by atoms with Gasteiger partial charge in [-0.25, -0.2) is 9.50 Å². The fourth-order valence-corrected chi connectivity index (χ4v) is 1.72. The van der Waals surface area contributed by atoms with Crippen LogP contribution < -0.4 is 5.32 Å². The average molecular weight is 232 g/mol. The first-order valence-corrected chi connectivity index (χ1v) is 5.73. The Bertz CT molecular complexity index is 559. The third kappa shape index (κ3) is 2.13. The van der Waals surface area contributed by atoms with Gasteiger partial charge in [0.1, 0.15) is 0 Å². The standard InChI is InChI=1S/C12H16N4O/c1-4-5-13-12(17)10-7-14-11-6-8(2)15-16(11)9(10)3/h6-7H,4-5H2,1-3H3,(H,13,17). The third-order valence-electron chi connectivity index (χ3n) is 2.63. The van der Waals surface area contributed by atoms with Crippen LogP contribution in [0.5, 0.6) is 0 Å². The van der Waals surface area contributed by atoms with E-state index in [2.05, 4.69) is 15.4 Å². The van der Waals surface area contributed by atoms with Gasteiger partial charge in [-0.15, -0.1) is 0 Å². The maximum atomic E-state index is 11.9. The number of amides is 1. The summed E-state index contributed by atoms with van der Waals surface area (Å²) < 4.78 is 1.70. The average Bonchev–Trinajstić information content (AvgIpc) is 2.68. The molecule has 2 aromatic heterocycles. The van der Waals surface area contributed by atoms with Crippen molar-refractivity contribution >= 4 is 11.6 Å². The number of nitrogens with zero attached hydrogens (tertiary/aromatic N) is 3. The SMILES string of the molecule is CCCNC(=O)c1cnc2cc(C)nn2c1C. The molecule has 0 aromatic carbocycles. The van der Waals surface area contributed by atoms with E-state index in [1.54, 1.807) is 10.7 Å². The summed E-state index contributed by atoms with van der Waals surface area (Å²) in [6, 6.07) is 1.89. The lowest BCUT2D eigenvalue weighted by Crippen LogP contribution is -2.25. The first-order valence-electron chi connectivity index (χ1n) is 5.73. The van der Waals surface area contributed by atoms with Gasteiger partial charge in [0.15, 0.2) is 5.65 Å². The molecule has 17 heavy (non-hydrogen) atoms. The van der Waals surface area contributed by atoms with Crippen LogP contribution in [-0.2, 0) is 0 Å². The highest BCUT2D eigenvalue weighted by atomic mass is 16.1. The van der Waals surface area contributed by atoms with Crippen molar-refractivity contribution in [1.82, 2.24) is 19.9 Å². The summed E-state index contributed by atoms with van der Waals surface area (Å²) in [5.74, 6) is -0.0908. The molecule has 2 rings (SSSR count). The number of carbonyl (C=O) groups is 1. The van der Waals surface area contributed by atoms with Gasteiger partial charge in [-0.1, -0.05) is 6.92 Å². The predicted molar refractivity (Wildman–Crippen MR) is 65.1 cm³/mol. The number of hydrogen-bond acceptors (Lipinski definition) is 3. The molecule has 2 aromatic rings. The third-order valence-corrected chi connectivity index (χ3v) is 2.63. The highest BCUT2D eigenvalue weighted by molar-refractivity contribution is 5.95. The second-order valence-electron chi connectivity index (χ2n) is 4.07. The second-order valence-corrected chi connectivity index (χ2v) is 4.07. The van der Waals surface area contributed by atoms with Crippen LogP contribution in [-0.4, -0.2) is 27.0 Å². The number of hydrogen-bond donors (Lipinski definition) is 1. The van der Waals surface area contributed by atoms with Crippen LogP contribution in [0.1, 0.15) is 35.1 Å². The van der Waals surface area contributed by atoms with E-state index in [0.29, 0.717) is 12.1 Å². The second kappa shape index (κ2) is 4.53. The Morgan fingerprint density at radius 2 is 2.24 bits per heavy atom. The molecule has 0 atom stereocenters. The Morgan fingerprint density at radius 3 is 2.94 bits per heavy atom. The summed E-state index contributed by atoms with van der Waals surface area (Å²) in [5.41, 5.74) is 3.06. The smallest absolute Gasteiger partial charge is 0.254 e. The molecule has 1 N–H and O–H groups in total. The fourth-order valence-electron chi connectivity index (χ4n) is 1.72. The molecular weight excluding hydrogens is 216 g/mol. The molecule has 5 nitrogen and oxygen atoms in total. The zero-order valence-corrected chi connectivity index (χ0v) is 10.3. The first kappa shape index (κ1) is 11.6. The largest absolute Gasteiger partial charge is 0.352 e. The lowest BCUT2D eigenvalue weighted by atomic mass is 10.2. The Kier molecular flexibility index (Phi) is 3.08. The summed E-state index contributed by atoms with van der Waals surface area (Å²) in [5, 5.41) is 7.15. The van der Waals surface area contributed by atoms with E-state index in [9.17, 15) is 4.79 Å². The molecule has 5 heteroatoms. The highest BCUT2D eigenvalue weighted by Crippen LogP contribution is 2.10. The minimum Gasteiger partial charge on any atom is -0.352 e. The van der Waals surface area contributed by atoms with Gasteiger partial charge >= 0.3 is 0 Å². The normalized spacial score (nSPS) is 10.8. The van der Waals surface area contributed by atoms with Crippen molar-refractivity contribution in [3.63, 3.8) is 0 Å². The quantitative estimate of drug-likeness (QED) is 0.872. The van der Waals surface area contributed by atoms with Gasteiger partial charge in [0, 0.05) is 18.8 Å². The molecule has 0 saturated carbocycles. The fraction of sp³-hybridized carbons (Fsp3) is 0.417. The first-order chi connectivity index (χ1) is 8.13. The molecule has 2 heterocycles. The Morgan fingerprint density at radius 1 is 1.47 bits per heavy atom. The molecule has 0 aliphatic carbocycles. The van der Waals surface area contributed by atoms with Gasteiger partial charge in [0.2, 0.25) is 0 Å². The molecule has 90 valence electrons. The van der Waals surface area contributed by atoms with Crippen molar-refractivity contribution < 1.29 is 4.79 Å². The van der Waals surface area contributed by atoms with Crippen LogP contribution in [0.25, 0.3) is 5.65 Å². The van der Waals surface area contributed by atoms with Crippen molar-refractivity contribution in [3.8, 4) is 0 Å². The van der Waals surface area contributed by atoms with E-state index < -0.39 is 0 Å². The minimum absolute atomic E-state index is 0.0908. The molecule has 0 aliphatic rings. The maximum absolute atomic E-state index is 11.9. The van der Waals surface area contributed by atoms with Crippen molar-refractivity contribution in [2.45, 2.75) is 27.2 Å². The monoisotopic (exact) mass is 232 g/mol. The van der Waals surface area contributed by atoms with Crippen LogP contribution in [0, 0.1) is 13.8 Å². The molecule has 0 saturated heterocycles. The lowest BCUT2D eigenvalue weighted by Gasteiger charge is -2.07. The predicted octanol–water partition coefficient (Wildman–Crippen LogP) is 1.49. The number of rotatable bonds is 3. The van der Waals surface area contributed by atoms with Crippen LogP contribution >= 0.6 is 0 Å². The molecule has 0 radical (unpaired) electrons. The number of nitrogens with one attached hydrogen (secondary N) is 1.